The van der Waals surface area contributed by atoms with Crippen molar-refractivity contribution in [3.63, 3.8) is 0 Å². The fourth-order valence-corrected chi connectivity index (χ4v) is 2.98. The second-order valence-electron chi connectivity index (χ2n) is 6.33. The van der Waals surface area contributed by atoms with Gasteiger partial charge in [-0.3, -0.25) is 0 Å². The summed E-state index contributed by atoms with van der Waals surface area (Å²) in [6.07, 6.45) is -0.611. The van der Waals surface area contributed by atoms with Crippen LogP contribution >= 0.6 is 0 Å². The lowest BCUT2D eigenvalue weighted by Gasteiger charge is -2.15. The van der Waals surface area contributed by atoms with Crippen LogP contribution in [0.15, 0.2) is 48.5 Å². The summed E-state index contributed by atoms with van der Waals surface area (Å²) in [4.78, 5) is 4.54. The Morgan fingerprint density at radius 1 is 1.04 bits per heavy atom. The van der Waals surface area contributed by atoms with Crippen LogP contribution in [0.2, 0.25) is 0 Å². The van der Waals surface area contributed by atoms with Crippen LogP contribution in [0.25, 0.3) is 11.0 Å². The van der Waals surface area contributed by atoms with Gasteiger partial charge >= 0.3 is 0 Å². The number of hydrogen-bond acceptors (Lipinski definition) is 3. The van der Waals surface area contributed by atoms with Gasteiger partial charge in [-0.25, -0.2) is 4.98 Å². The highest BCUT2D eigenvalue weighted by molar-refractivity contribution is 5.76. The molecule has 0 aliphatic carbocycles. The summed E-state index contributed by atoms with van der Waals surface area (Å²) in [5, 5.41) is 10.0. The lowest BCUT2D eigenvalue weighted by atomic mass is 10.0. The molecule has 0 saturated carbocycles. The zero-order valence-electron chi connectivity index (χ0n) is 14.4. The molecule has 0 aliphatic rings. The van der Waals surface area contributed by atoms with Gasteiger partial charge in [0, 0.05) is 0 Å². The summed E-state index contributed by atoms with van der Waals surface area (Å²) in [6.45, 7) is 7.25. The summed E-state index contributed by atoms with van der Waals surface area (Å²) in [5.41, 5.74) is 3.13. The number of hydrogen-bond donors (Lipinski definition) is 1. The van der Waals surface area contributed by atoms with Crippen LogP contribution in [0.4, 0.5) is 0 Å². The molecule has 1 aromatic heterocycles. The van der Waals surface area contributed by atoms with Crippen molar-refractivity contribution in [1.82, 2.24) is 9.55 Å². The number of fused-ring (bicyclic) bond motifs is 1. The standard InChI is InChI=1S/C20H24N2O2/c1-14(2)16-8-4-7-11-19(16)24-13-12-22-18-10-6-5-9-17(18)21-20(22)15(3)23/h4-11,14-15,23H,12-13H2,1-3H3. The Hall–Kier alpha value is -2.33. The average Bonchev–Trinajstić information content (AvgIpc) is 2.94. The molecular weight excluding hydrogens is 300 g/mol. The molecule has 0 saturated heterocycles. The minimum atomic E-state index is -0.611. The highest BCUT2D eigenvalue weighted by Crippen LogP contribution is 2.26. The van der Waals surface area contributed by atoms with E-state index in [0.717, 1.165) is 16.8 Å². The third kappa shape index (κ3) is 3.29. The van der Waals surface area contributed by atoms with E-state index < -0.39 is 6.10 Å². The number of ether oxygens (including phenoxy) is 1. The van der Waals surface area contributed by atoms with E-state index in [4.69, 9.17) is 4.74 Å². The fraction of sp³-hybridized carbons (Fsp3) is 0.350. The number of rotatable bonds is 6. The van der Waals surface area contributed by atoms with E-state index in [9.17, 15) is 5.11 Å². The van der Waals surface area contributed by atoms with E-state index in [1.807, 2.05) is 47.0 Å². The first-order valence-electron chi connectivity index (χ1n) is 8.43. The lowest BCUT2D eigenvalue weighted by Crippen LogP contribution is -2.13. The number of benzene rings is 2. The smallest absolute Gasteiger partial charge is 0.138 e. The Labute approximate surface area is 142 Å². The summed E-state index contributed by atoms with van der Waals surface area (Å²) in [7, 11) is 0. The maximum atomic E-state index is 10.0. The molecule has 24 heavy (non-hydrogen) atoms. The molecule has 0 fully saturated rings. The molecule has 126 valence electrons. The number of nitrogens with zero attached hydrogens (tertiary/aromatic N) is 2. The first-order chi connectivity index (χ1) is 11.6. The number of imidazole rings is 1. The van der Waals surface area contributed by atoms with Crippen molar-refractivity contribution in [2.75, 3.05) is 6.61 Å². The average molecular weight is 324 g/mol. The molecule has 4 nitrogen and oxygen atoms in total. The molecule has 0 radical (unpaired) electrons. The molecule has 3 rings (SSSR count). The van der Waals surface area contributed by atoms with Gasteiger partial charge in [0.05, 0.1) is 17.6 Å². The zero-order valence-corrected chi connectivity index (χ0v) is 14.4. The van der Waals surface area contributed by atoms with Crippen molar-refractivity contribution in [2.24, 2.45) is 0 Å². The van der Waals surface area contributed by atoms with Gasteiger partial charge in [0.25, 0.3) is 0 Å². The summed E-state index contributed by atoms with van der Waals surface area (Å²) in [6, 6.07) is 16.1. The zero-order chi connectivity index (χ0) is 17.1. The number of aromatic nitrogens is 2. The molecular formula is C20H24N2O2. The van der Waals surface area contributed by atoms with Crippen LogP contribution in [-0.4, -0.2) is 21.3 Å². The molecule has 4 heteroatoms. The van der Waals surface area contributed by atoms with Crippen LogP contribution in [0.3, 0.4) is 0 Å². The highest BCUT2D eigenvalue weighted by Gasteiger charge is 2.14. The number of aliphatic hydroxyl groups is 1. The minimum Gasteiger partial charge on any atom is -0.491 e. The number of para-hydroxylation sites is 3. The van der Waals surface area contributed by atoms with Gasteiger partial charge in [-0.1, -0.05) is 44.2 Å². The van der Waals surface area contributed by atoms with Crippen molar-refractivity contribution >= 4 is 11.0 Å². The van der Waals surface area contributed by atoms with E-state index in [-0.39, 0.29) is 0 Å². The van der Waals surface area contributed by atoms with E-state index in [2.05, 4.69) is 24.9 Å². The van der Waals surface area contributed by atoms with Crippen LogP contribution in [-0.2, 0) is 6.54 Å². The van der Waals surface area contributed by atoms with Crippen molar-refractivity contribution < 1.29 is 9.84 Å². The predicted octanol–water partition coefficient (Wildman–Crippen LogP) is 4.29. The molecule has 1 unspecified atom stereocenters. The Morgan fingerprint density at radius 3 is 2.50 bits per heavy atom. The van der Waals surface area contributed by atoms with Gasteiger partial charge in [0.1, 0.15) is 24.3 Å². The quantitative estimate of drug-likeness (QED) is 0.735. The second kappa shape index (κ2) is 7.05. The third-order valence-electron chi connectivity index (χ3n) is 4.17. The monoisotopic (exact) mass is 324 g/mol. The first-order valence-corrected chi connectivity index (χ1v) is 8.43. The molecule has 0 aliphatic heterocycles. The molecule has 1 heterocycles. The van der Waals surface area contributed by atoms with Gasteiger partial charge in [-0.05, 0) is 36.6 Å². The maximum Gasteiger partial charge on any atom is 0.138 e. The molecule has 2 aromatic carbocycles. The minimum absolute atomic E-state index is 0.420. The van der Waals surface area contributed by atoms with Gasteiger partial charge in [-0.15, -0.1) is 0 Å². The number of aliphatic hydroxyl groups excluding tert-OH is 1. The fourth-order valence-electron chi connectivity index (χ4n) is 2.98. The van der Waals surface area contributed by atoms with Gasteiger partial charge in [0.2, 0.25) is 0 Å². The molecule has 1 atom stereocenters. The van der Waals surface area contributed by atoms with Crippen LogP contribution in [0, 0.1) is 0 Å². The molecule has 3 aromatic rings. The SMILES string of the molecule is CC(C)c1ccccc1OCCn1c(C(C)O)nc2ccccc21. The van der Waals surface area contributed by atoms with Crippen molar-refractivity contribution in [1.29, 1.82) is 0 Å². The normalized spacial score (nSPS) is 12.7. The molecule has 1 N–H and O–H groups in total. The molecule has 0 spiro atoms. The summed E-state index contributed by atoms with van der Waals surface area (Å²) >= 11 is 0. The van der Waals surface area contributed by atoms with Gasteiger partial charge < -0.3 is 14.4 Å². The Morgan fingerprint density at radius 2 is 1.75 bits per heavy atom. The van der Waals surface area contributed by atoms with E-state index >= 15 is 0 Å². The highest BCUT2D eigenvalue weighted by atomic mass is 16.5. The van der Waals surface area contributed by atoms with E-state index in [1.54, 1.807) is 6.92 Å². The van der Waals surface area contributed by atoms with Crippen molar-refractivity contribution in [3.8, 4) is 5.75 Å². The largest absolute Gasteiger partial charge is 0.491 e. The third-order valence-corrected chi connectivity index (χ3v) is 4.17. The van der Waals surface area contributed by atoms with E-state index in [0.29, 0.717) is 24.9 Å². The topological polar surface area (TPSA) is 47.3 Å². The Balaban J connectivity index is 1.80. The van der Waals surface area contributed by atoms with Crippen molar-refractivity contribution in [2.45, 2.75) is 39.3 Å². The summed E-state index contributed by atoms with van der Waals surface area (Å²) < 4.78 is 8.06. The molecule has 0 amide bonds. The second-order valence-corrected chi connectivity index (χ2v) is 6.33. The Bertz CT molecular complexity index is 821. The lowest BCUT2D eigenvalue weighted by molar-refractivity contribution is 0.181. The van der Waals surface area contributed by atoms with Gasteiger partial charge in [-0.2, -0.15) is 0 Å². The van der Waals surface area contributed by atoms with Crippen molar-refractivity contribution in [3.05, 3.63) is 59.9 Å². The first kappa shape index (κ1) is 16.5. The maximum absolute atomic E-state index is 10.0. The summed E-state index contributed by atoms with van der Waals surface area (Å²) in [5.74, 6) is 2.02. The predicted molar refractivity (Wildman–Crippen MR) is 96.4 cm³/mol. The van der Waals surface area contributed by atoms with E-state index in [1.165, 1.54) is 5.56 Å². The molecule has 0 bridgehead atoms. The van der Waals surface area contributed by atoms with Crippen LogP contribution < -0.4 is 4.74 Å². The van der Waals surface area contributed by atoms with Crippen LogP contribution in [0.5, 0.6) is 5.75 Å². The Kier molecular flexibility index (Phi) is 4.86. The van der Waals surface area contributed by atoms with Gasteiger partial charge in [0.15, 0.2) is 0 Å². The van der Waals surface area contributed by atoms with Crippen LogP contribution in [0.1, 0.15) is 44.2 Å².